The van der Waals surface area contributed by atoms with Crippen LogP contribution in [0.25, 0.3) is 44.5 Å². The molecule has 0 aliphatic carbocycles. The van der Waals surface area contributed by atoms with E-state index in [-0.39, 0.29) is 6.85 Å². The fourth-order valence-electron chi connectivity index (χ4n) is 6.38. The van der Waals surface area contributed by atoms with Crippen molar-refractivity contribution in [3.63, 3.8) is 0 Å². The average molecular weight is 481 g/mol. The largest absolute Gasteiger partial charge is 0.376 e. The molecule has 8 rings (SSSR count). The minimum Gasteiger partial charge on any atom is -0.376 e. The molecule has 2 heteroatoms. The highest BCUT2D eigenvalue weighted by Crippen LogP contribution is 2.45. The molecule has 0 amide bonds. The van der Waals surface area contributed by atoms with Crippen LogP contribution in [0.1, 0.15) is 0 Å². The lowest BCUT2D eigenvalue weighted by atomic mass is 9.43. The Bertz CT molecular complexity index is 1840. The second-order valence-electron chi connectivity index (χ2n) is 10.1. The molecule has 1 nitrogen and oxygen atoms in total. The van der Waals surface area contributed by atoms with Crippen LogP contribution in [0.15, 0.2) is 146 Å². The zero-order chi connectivity index (χ0) is 25.1. The van der Waals surface area contributed by atoms with E-state index in [0.29, 0.717) is 0 Å². The third-order valence-corrected chi connectivity index (χ3v) is 8.07. The van der Waals surface area contributed by atoms with E-state index in [1.807, 2.05) is 0 Å². The second kappa shape index (κ2) is 8.36. The van der Waals surface area contributed by atoms with Crippen LogP contribution in [0.5, 0.6) is 0 Å². The number of rotatable bonds is 2. The normalized spacial score (nSPS) is 12.6. The maximum Gasteiger partial charge on any atom is 0.329 e. The third kappa shape index (κ3) is 3.14. The van der Waals surface area contributed by atoms with Crippen molar-refractivity contribution in [3.8, 4) is 44.5 Å². The monoisotopic (exact) mass is 481 g/mol. The summed E-state index contributed by atoms with van der Waals surface area (Å²) in [4.78, 5) is 2.56. The van der Waals surface area contributed by atoms with Gasteiger partial charge in [0.05, 0.1) is 0 Å². The van der Waals surface area contributed by atoms with Crippen molar-refractivity contribution in [1.82, 2.24) is 0 Å². The number of nitrogens with zero attached hydrogens (tertiary/aromatic N) is 1. The number of anilines is 2. The van der Waals surface area contributed by atoms with Crippen LogP contribution < -0.4 is 15.7 Å². The molecule has 2 aliphatic heterocycles. The third-order valence-electron chi connectivity index (χ3n) is 8.07. The molecule has 0 saturated carbocycles. The SMILES string of the molecule is c1ccc(-c2cccc(-c3ccc4c(c3)B3c5ccccc5-c5ccccc5N3c3ccccc3-4)c2)cc1. The van der Waals surface area contributed by atoms with Gasteiger partial charge in [-0.25, -0.2) is 0 Å². The van der Waals surface area contributed by atoms with Crippen molar-refractivity contribution in [2.24, 2.45) is 0 Å². The Hall–Kier alpha value is -4.82. The van der Waals surface area contributed by atoms with Crippen molar-refractivity contribution in [3.05, 3.63) is 146 Å². The molecule has 0 N–H and O–H groups in total. The summed E-state index contributed by atoms with van der Waals surface area (Å²) in [7, 11) is 0. The minimum atomic E-state index is 0.114. The number of fused-ring (bicyclic) bond motifs is 11. The van der Waals surface area contributed by atoms with E-state index in [4.69, 9.17) is 0 Å². The Labute approximate surface area is 223 Å². The number of benzene rings is 6. The van der Waals surface area contributed by atoms with Crippen molar-refractivity contribution < 1.29 is 0 Å². The zero-order valence-electron chi connectivity index (χ0n) is 20.9. The van der Waals surface area contributed by atoms with E-state index in [2.05, 4.69) is 150 Å². The maximum absolute atomic E-state index is 2.56. The zero-order valence-corrected chi connectivity index (χ0v) is 20.9. The fourth-order valence-corrected chi connectivity index (χ4v) is 6.38. The average Bonchev–Trinajstić information content (AvgIpc) is 3.01. The summed E-state index contributed by atoms with van der Waals surface area (Å²) < 4.78 is 0. The summed E-state index contributed by atoms with van der Waals surface area (Å²) in [6.45, 7) is 0.114. The first-order chi connectivity index (χ1) is 18.9. The molecule has 2 aliphatic rings. The molecule has 0 fully saturated rings. The van der Waals surface area contributed by atoms with Crippen molar-refractivity contribution in [2.75, 3.05) is 4.81 Å². The molecule has 2 heterocycles. The van der Waals surface area contributed by atoms with Crippen molar-refractivity contribution in [1.29, 1.82) is 0 Å². The molecular formula is C36H24BN. The lowest BCUT2D eigenvalue weighted by Crippen LogP contribution is -2.59. The topological polar surface area (TPSA) is 3.24 Å². The Balaban J connectivity index is 1.37. The predicted molar refractivity (Wildman–Crippen MR) is 162 cm³/mol. The predicted octanol–water partition coefficient (Wildman–Crippen LogP) is 7.93. The van der Waals surface area contributed by atoms with E-state index in [1.165, 1.54) is 66.8 Å². The molecule has 0 bridgehead atoms. The Kier molecular flexibility index (Phi) is 4.68. The van der Waals surface area contributed by atoms with Crippen LogP contribution in [0, 0.1) is 0 Å². The van der Waals surface area contributed by atoms with Gasteiger partial charge in [0.15, 0.2) is 0 Å². The molecule has 0 spiro atoms. The summed E-state index contributed by atoms with van der Waals surface area (Å²) in [6.07, 6.45) is 0. The first-order valence-electron chi connectivity index (χ1n) is 13.2. The van der Waals surface area contributed by atoms with Gasteiger partial charge >= 0.3 is 6.85 Å². The molecule has 0 aromatic heterocycles. The number of hydrogen-bond acceptors (Lipinski definition) is 1. The van der Waals surface area contributed by atoms with E-state index in [0.717, 1.165) is 0 Å². The molecule has 6 aromatic carbocycles. The molecular weight excluding hydrogens is 457 g/mol. The highest BCUT2D eigenvalue weighted by molar-refractivity contribution is 6.92. The molecule has 0 saturated heterocycles. The summed E-state index contributed by atoms with van der Waals surface area (Å²) >= 11 is 0. The van der Waals surface area contributed by atoms with Crippen LogP contribution in [0.4, 0.5) is 11.4 Å². The summed E-state index contributed by atoms with van der Waals surface area (Å²) in [5, 5.41) is 0. The van der Waals surface area contributed by atoms with Crippen LogP contribution in [0.3, 0.4) is 0 Å². The van der Waals surface area contributed by atoms with Gasteiger partial charge in [0, 0.05) is 22.5 Å². The summed E-state index contributed by atoms with van der Waals surface area (Å²) in [5.74, 6) is 0. The molecule has 0 radical (unpaired) electrons. The van der Waals surface area contributed by atoms with Crippen molar-refractivity contribution in [2.45, 2.75) is 0 Å². The van der Waals surface area contributed by atoms with E-state index in [9.17, 15) is 0 Å². The summed E-state index contributed by atoms with van der Waals surface area (Å²) in [5.41, 5.74) is 15.4. The van der Waals surface area contributed by atoms with Gasteiger partial charge in [-0.3, -0.25) is 0 Å². The van der Waals surface area contributed by atoms with E-state index >= 15 is 0 Å². The Morgan fingerprint density at radius 2 is 0.868 bits per heavy atom. The van der Waals surface area contributed by atoms with Gasteiger partial charge in [0.1, 0.15) is 0 Å². The molecule has 176 valence electrons. The quantitative estimate of drug-likeness (QED) is 0.227. The standard InChI is InChI=1S/C36H24BN/c1-2-11-25(12-3-1)26-13-10-14-27(23-26)28-21-22-30-32-17-6-9-20-36(32)38-35-19-8-5-16-31(35)29-15-4-7-18-33(29)37(38)34(30)24-28/h1-24H. The molecule has 38 heavy (non-hydrogen) atoms. The summed E-state index contributed by atoms with van der Waals surface area (Å²) in [6, 6.07) is 53.2. The van der Waals surface area contributed by atoms with Gasteiger partial charge in [-0.05, 0) is 62.5 Å². The fraction of sp³-hybridized carbons (Fsp3) is 0. The molecule has 0 atom stereocenters. The first kappa shape index (κ1) is 21.3. The molecule has 6 aromatic rings. The smallest absolute Gasteiger partial charge is 0.329 e. The lowest BCUT2D eigenvalue weighted by Gasteiger charge is -2.43. The van der Waals surface area contributed by atoms with Gasteiger partial charge in [-0.1, -0.05) is 127 Å². The van der Waals surface area contributed by atoms with Crippen LogP contribution in [0.2, 0.25) is 0 Å². The van der Waals surface area contributed by atoms with Gasteiger partial charge in [-0.15, -0.1) is 0 Å². The highest BCUT2D eigenvalue weighted by Gasteiger charge is 2.41. The van der Waals surface area contributed by atoms with Gasteiger partial charge in [-0.2, -0.15) is 0 Å². The Morgan fingerprint density at radius 3 is 1.61 bits per heavy atom. The number of hydrogen-bond donors (Lipinski definition) is 0. The first-order valence-corrected chi connectivity index (χ1v) is 13.2. The van der Waals surface area contributed by atoms with Gasteiger partial charge in [0.2, 0.25) is 0 Å². The van der Waals surface area contributed by atoms with Crippen LogP contribution in [-0.2, 0) is 0 Å². The van der Waals surface area contributed by atoms with Crippen LogP contribution in [-0.4, -0.2) is 6.85 Å². The lowest BCUT2D eigenvalue weighted by molar-refractivity contribution is 1.35. The minimum absolute atomic E-state index is 0.114. The van der Waals surface area contributed by atoms with E-state index < -0.39 is 0 Å². The maximum atomic E-state index is 2.56. The number of para-hydroxylation sites is 2. The highest BCUT2D eigenvalue weighted by atomic mass is 15.1. The van der Waals surface area contributed by atoms with Crippen LogP contribution >= 0.6 is 0 Å². The Morgan fingerprint density at radius 1 is 0.342 bits per heavy atom. The van der Waals surface area contributed by atoms with Gasteiger partial charge in [0.25, 0.3) is 0 Å². The van der Waals surface area contributed by atoms with E-state index in [1.54, 1.807) is 0 Å². The molecule has 0 unspecified atom stereocenters. The van der Waals surface area contributed by atoms with Gasteiger partial charge < -0.3 is 4.81 Å². The second-order valence-corrected chi connectivity index (χ2v) is 10.1. The van der Waals surface area contributed by atoms with Crippen molar-refractivity contribution >= 4 is 29.1 Å².